The van der Waals surface area contributed by atoms with Crippen molar-refractivity contribution in [3.63, 3.8) is 0 Å². The fourth-order valence-electron chi connectivity index (χ4n) is 1.26. The van der Waals surface area contributed by atoms with Crippen LogP contribution in [0.15, 0.2) is 12.4 Å². The maximum absolute atomic E-state index is 11.6. The van der Waals surface area contributed by atoms with Crippen molar-refractivity contribution in [2.75, 3.05) is 16.8 Å². The second-order valence-corrected chi connectivity index (χ2v) is 6.05. The lowest BCUT2D eigenvalue weighted by Gasteiger charge is -2.18. The summed E-state index contributed by atoms with van der Waals surface area (Å²) in [6, 6.07) is 0. The second-order valence-electron chi connectivity index (χ2n) is 4.95. The van der Waals surface area contributed by atoms with Gasteiger partial charge in [0, 0.05) is 6.20 Å². The smallest absolute Gasteiger partial charge is 0.234 e. The van der Waals surface area contributed by atoms with E-state index in [1.54, 1.807) is 18.0 Å². The van der Waals surface area contributed by atoms with Crippen molar-refractivity contribution >= 4 is 23.4 Å². The Bertz CT molecular complexity index is 368. The number of hydrogen-bond donors (Lipinski definition) is 1. The first-order chi connectivity index (χ1) is 7.93. The Kier molecular flexibility index (Phi) is 5.05. The highest BCUT2D eigenvalue weighted by molar-refractivity contribution is 7.99. The fraction of sp³-hybridized carbons (Fsp3) is 0.667. The van der Waals surface area contributed by atoms with Gasteiger partial charge in [0.2, 0.25) is 5.91 Å². The monoisotopic (exact) mass is 255 g/mol. The predicted octanol–water partition coefficient (Wildman–Crippen LogP) is 2.72. The van der Waals surface area contributed by atoms with Gasteiger partial charge in [-0.05, 0) is 32.9 Å². The Balaban J connectivity index is 2.46. The molecule has 0 saturated heterocycles. The van der Waals surface area contributed by atoms with Gasteiger partial charge in [-0.15, -0.1) is 0 Å². The molecule has 0 fully saturated rings. The maximum atomic E-state index is 11.6. The van der Waals surface area contributed by atoms with E-state index in [-0.39, 0.29) is 11.4 Å². The molecule has 0 atom stereocenters. The maximum Gasteiger partial charge on any atom is 0.234 e. The fourth-order valence-corrected chi connectivity index (χ4v) is 1.95. The van der Waals surface area contributed by atoms with Crippen molar-refractivity contribution in [2.45, 2.75) is 39.7 Å². The Morgan fingerprint density at radius 1 is 1.53 bits per heavy atom. The summed E-state index contributed by atoms with van der Waals surface area (Å²) in [5, 5.41) is 7.08. The number of carbonyl (C=O) groups excluding carboxylic acids is 1. The number of hydrogen-bond acceptors (Lipinski definition) is 3. The molecule has 0 aliphatic rings. The molecular weight excluding hydrogens is 234 g/mol. The van der Waals surface area contributed by atoms with Gasteiger partial charge in [-0.25, -0.2) is 0 Å². The SMILES string of the molecule is CCCSCC(=O)Nc1cnn(C(C)(C)C)c1. The minimum absolute atomic E-state index is 0.0388. The highest BCUT2D eigenvalue weighted by Gasteiger charge is 2.14. The zero-order valence-electron chi connectivity index (χ0n) is 11.0. The van der Waals surface area contributed by atoms with Crippen LogP contribution < -0.4 is 5.32 Å². The van der Waals surface area contributed by atoms with Crippen molar-refractivity contribution in [2.24, 2.45) is 0 Å². The summed E-state index contributed by atoms with van der Waals surface area (Å²) in [6.45, 7) is 8.33. The first kappa shape index (κ1) is 14.1. The van der Waals surface area contributed by atoms with Crippen LogP contribution in [0.25, 0.3) is 0 Å². The molecule has 1 aromatic rings. The highest BCUT2D eigenvalue weighted by Crippen LogP contribution is 2.16. The summed E-state index contributed by atoms with van der Waals surface area (Å²) in [5.41, 5.74) is 0.710. The summed E-state index contributed by atoms with van der Waals surface area (Å²) < 4.78 is 1.85. The van der Waals surface area contributed by atoms with E-state index in [2.05, 4.69) is 38.1 Å². The van der Waals surface area contributed by atoms with Gasteiger partial charge in [0.15, 0.2) is 0 Å². The molecule has 0 bridgehead atoms. The van der Waals surface area contributed by atoms with E-state index in [1.165, 1.54) is 0 Å². The van der Waals surface area contributed by atoms with E-state index in [0.717, 1.165) is 17.9 Å². The summed E-state index contributed by atoms with van der Waals surface area (Å²) in [5.74, 6) is 1.57. The first-order valence-electron chi connectivity index (χ1n) is 5.86. The Hall–Kier alpha value is -0.970. The van der Waals surface area contributed by atoms with E-state index < -0.39 is 0 Å². The van der Waals surface area contributed by atoms with E-state index in [0.29, 0.717) is 5.75 Å². The molecule has 17 heavy (non-hydrogen) atoms. The average molecular weight is 255 g/mol. The van der Waals surface area contributed by atoms with Crippen LogP contribution in [0.2, 0.25) is 0 Å². The van der Waals surface area contributed by atoms with Crippen LogP contribution in [0.1, 0.15) is 34.1 Å². The minimum atomic E-state index is -0.0556. The minimum Gasteiger partial charge on any atom is -0.323 e. The number of anilines is 1. The van der Waals surface area contributed by atoms with Gasteiger partial charge < -0.3 is 5.32 Å². The highest BCUT2D eigenvalue weighted by atomic mass is 32.2. The zero-order valence-corrected chi connectivity index (χ0v) is 11.8. The van der Waals surface area contributed by atoms with Crippen LogP contribution in [0, 0.1) is 0 Å². The molecule has 1 aromatic heterocycles. The standard InChI is InChI=1S/C12H21N3OS/c1-5-6-17-9-11(16)14-10-7-13-15(8-10)12(2,3)4/h7-8H,5-6,9H2,1-4H3,(H,14,16). The third-order valence-electron chi connectivity index (χ3n) is 2.14. The van der Waals surface area contributed by atoms with E-state index in [1.807, 2.05) is 10.9 Å². The van der Waals surface area contributed by atoms with Gasteiger partial charge in [0.1, 0.15) is 0 Å². The lowest BCUT2D eigenvalue weighted by molar-refractivity contribution is -0.113. The molecule has 1 N–H and O–H groups in total. The second kappa shape index (κ2) is 6.10. The van der Waals surface area contributed by atoms with Crippen molar-refractivity contribution < 1.29 is 4.79 Å². The largest absolute Gasteiger partial charge is 0.323 e. The lowest BCUT2D eigenvalue weighted by atomic mass is 10.1. The van der Waals surface area contributed by atoms with Crippen LogP contribution in [-0.2, 0) is 10.3 Å². The number of rotatable bonds is 5. The molecule has 5 heteroatoms. The zero-order chi connectivity index (χ0) is 12.9. The summed E-state index contributed by atoms with van der Waals surface area (Å²) >= 11 is 1.65. The number of amides is 1. The molecule has 0 aliphatic heterocycles. The molecule has 4 nitrogen and oxygen atoms in total. The van der Waals surface area contributed by atoms with Crippen molar-refractivity contribution in [3.05, 3.63) is 12.4 Å². The predicted molar refractivity (Wildman–Crippen MR) is 73.5 cm³/mol. The van der Waals surface area contributed by atoms with Gasteiger partial charge in [0.05, 0.1) is 23.2 Å². The van der Waals surface area contributed by atoms with Gasteiger partial charge >= 0.3 is 0 Å². The number of thioether (sulfide) groups is 1. The topological polar surface area (TPSA) is 46.9 Å². The van der Waals surface area contributed by atoms with Crippen LogP contribution in [0.3, 0.4) is 0 Å². The van der Waals surface area contributed by atoms with Gasteiger partial charge in [0.25, 0.3) is 0 Å². The van der Waals surface area contributed by atoms with Crippen LogP contribution >= 0.6 is 11.8 Å². The molecule has 0 saturated carbocycles. The van der Waals surface area contributed by atoms with Crippen LogP contribution in [0.4, 0.5) is 5.69 Å². The average Bonchev–Trinajstić information content (AvgIpc) is 2.66. The molecule has 1 heterocycles. The molecule has 1 rings (SSSR count). The Morgan fingerprint density at radius 2 is 2.24 bits per heavy atom. The molecule has 0 aromatic carbocycles. The normalized spacial score (nSPS) is 11.5. The first-order valence-corrected chi connectivity index (χ1v) is 7.01. The summed E-state index contributed by atoms with van der Waals surface area (Å²) in [7, 11) is 0. The third-order valence-corrected chi connectivity index (χ3v) is 3.30. The molecule has 0 unspecified atom stereocenters. The molecule has 0 spiro atoms. The van der Waals surface area contributed by atoms with E-state index in [9.17, 15) is 4.79 Å². The third kappa shape index (κ3) is 4.81. The molecule has 0 aliphatic carbocycles. The number of nitrogens with zero attached hydrogens (tertiary/aromatic N) is 2. The number of aromatic nitrogens is 2. The summed E-state index contributed by atoms with van der Waals surface area (Å²) in [4.78, 5) is 11.6. The van der Waals surface area contributed by atoms with Crippen molar-refractivity contribution in [1.82, 2.24) is 9.78 Å². The van der Waals surface area contributed by atoms with Crippen molar-refractivity contribution in [1.29, 1.82) is 0 Å². The summed E-state index contributed by atoms with van der Waals surface area (Å²) in [6.07, 6.45) is 4.65. The van der Waals surface area contributed by atoms with Crippen molar-refractivity contribution in [3.8, 4) is 0 Å². The van der Waals surface area contributed by atoms with E-state index >= 15 is 0 Å². The van der Waals surface area contributed by atoms with Gasteiger partial charge in [-0.2, -0.15) is 16.9 Å². The Morgan fingerprint density at radius 3 is 2.76 bits per heavy atom. The van der Waals surface area contributed by atoms with Gasteiger partial charge in [-0.1, -0.05) is 6.92 Å². The molecule has 96 valence electrons. The lowest BCUT2D eigenvalue weighted by Crippen LogP contribution is -2.22. The molecule has 0 radical (unpaired) electrons. The Labute approximate surface area is 107 Å². The van der Waals surface area contributed by atoms with E-state index in [4.69, 9.17) is 0 Å². The quantitative estimate of drug-likeness (QED) is 0.823. The van der Waals surface area contributed by atoms with Crippen LogP contribution in [0.5, 0.6) is 0 Å². The van der Waals surface area contributed by atoms with Crippen LogP contribution in [-0.4, -0.2) is 27.2 Å². The molecule has 1 amide bonds. The number of nitrogens with one attached hydrogen (secondary N) is 1. The van der Waals surface area contributed by atoms with Gasteiger partial charge in [-0.3, -0.25) is 9.48 Å². The number of carbonyl (C=O) groups is 1. The molecular formula is C12H21N3OS.